The summed E-state index contributed by atoms with van der Waals surface area (Å²) in [7, 11) is 0. The van der Waals surface area contributed by atoms with E-state index in [1.807, 2.05) is 61.5 Å². The topological polar surface area (TPSA) is 26.3 Å². The molecule has 3 rings (SSSR count). The predicted molar refractivity (Wildman–Crippen MR) is 88.2 cm³/mol. The first kappa shape index (κ1) is 14.6. The summed E-state index contributed by atoms with van der Waals surface area (Å²) in [4.78, 5) is 12.6. The molecule has 22 heavy (non-hydrogen) atoms. The van der Waals surface area contributed by atoms with Gasteiger partial charge in [-0.1, -0.05) is 48.0 Å². The zero-order chi connectivity index (χ0) is 15.6. The van der Waals surface area contributed by atoms with E-state index in [-0.39, 0.29) is 5.78 Å². The largest absolute Gasteiger partial charge is 0.481 e. The molecule has 2 aromatic rings. The van der Waals surface area contributed by atoms with E-state index in [4.69, 9.17) is 4.74 Å². The maximum absolute atomic E-state index is 12.6. The van der Waals surface area contributed by atoms with Crippen LogP contribution in [-0.2, 0) is 5.60 Å². The highest BCUT2D eigenvalue weighted by Gasteiger charge is 2.41. The summed E-state index contributed by atoms with van der Waals surface area (Å²) in [5.74, 6) is 0.830. The molecule has 1 unspecified atom stereocenters. The van der Waals surface area contributed by atoms with Gasteiger partial charge in [-0.2, -0.15) is 0 Å². The summed E-state index contributed by atoms with van der Waals surface area (Å²) in [5, 5.41) is 0. The molecule has 0 spiro atoms. The van der Waals surface area contributed by atoms with Crippen LogP contribution in [0.3, 0.4) is 0 Å². The van der Waals surface area contributed by atoms with Crippen molar-refractivity contribution in [3.05, 3.63) is 77.9 Å². The number of benzene rings is 2. The van der Waals surface area contributed by atoms with Crippen LogP contribution < -0.4 is 4.74 Å². The van der Waals surface area contributed by atoms with Crippen molar-refractivity contribution in [2.75, 3.05) is 0 Å². The van der Waals surface area contributed by atoms with Gasteiger partial charge in [0.05, 0.1) is 12.0 Å². The van der Waals surface area contributed by atoms with Crippen molar-refractivity contribution in [1.29, 1.82) is 0 Å². The van der Waals surface area contributed by atoms with Gasteiger partial charge in [0.15, 0.2) is 5.78 Å². The van der Waals surface area contributed by atoms with Gasteiger partial charge in [-0.25, -0.2) is 0 Å². The molecular formula is C20H20O2. The molecule has 2 aromatic carbocycles. The number of carbonyl (C=O) groups excluding carboxylic acids is 1. The van der Waals surface area contributed by atoms with Gasteiger partial charge in [-0.05, 0) is 37.5 Å². The van der Waals surface area contributed by atoms with Crippen LogP contribution in [0.2, 0.25) is 0 Å². The first-order chi connectivity index (χ1) is 10.6. The molecule has 0 aliphatic carbocycles. The van der Waals surface area contributed by atoms with Crippen LogP contribution in [0.5, 0.6) is 5.75 Å². The molecular weight excluding hydrogens is 272 g/mol. The molecule has 0 saturated carbocycles. The monoisotopic (exact) mass is 292 g/mol. The van der Waals surface area contributed by atoms with Crippen LogP contribution in [0.25, 0.3) is 0 Å². The minimum atomic E-state index is -0.592. The Morgan fingerprint density at radius 3 is 2.55 bits per heavy atom. The SMILES string of the molecule is C=C(C)CCC1(c2ccccc2)CC(=O)c2ccccc2O1. The molecule has 0 N–H and O–H groups in total. The minimum Gasteiger partial charge on any atom is -0.481 e. The third-order valence-corrected chi connectivity index (χ3v) is 4.19. The zero-order valence-corrected chi connectivity index (χ0v) is 12.8. The molecule has 1 atom stereocenters. The Hall–Kier alpha value is -2.35. The van der Waals surface area contributed by atoms with E-state index < -0.39 is 5.60 Å². The number of allylic oxidation sites excluding steroid dienone is 1. The molecule has 0 amide bonds. The van der Waals surface area contributed by atoms with Crippen LogP contribution in [0.4, 0.5) is 0 Å². The van der Waals surface area contributed by atoms with Gasteiger partial charge in [-0.3, -0.25) is 4.79 Å². The lowest BCUT2D eigenvalue weighted by Gasteiger charge is -2.38. The number of para-hydroxylation sites is 1. The number of fused-ring (bicyclic) bond motifs is 1. The number of ether oxygens (including phenoxy) is 1. The second kappa shape index (κ2) is 5.80. The molecule has 112 valence electrons. The van der Waals surface area contributed by atoms with Gasteiger partial charge in [0.1, 0.15) is 11.4 Å². The Balaban J connectivity index is 2.04. The van der Waals surface area contributed by atoms with Gasteiger partial charge in [-0.15, -0.1) is 6.58 Å². The molecule has 0 bridgehead atoms. The van der Waals surface area contributed by atoms with Gasteiger partial charge in [0, 0.05) is 0 Å². The summed E-state index contributed by atoms with van der Waals surface area (Å²) in [6.07, 6.45) is 1.97. The summed E-state index contributed by atoms with van der Waals surface area (Å²) in [6, 6.07) is 17.6. The number of ketones is 1. The van der Waals surface area contributed by atoms with Crippen molar-refractivity contribution in [3.8, 4) is 5.75 Å². The van der Waals surface area contributed by atoms with Gasteiger partial charge < -0.3 is 4.74 Å². The van der Waals surface area contributed by atoms with Crippen molar-refractivity contribution in [1.82, 2.24) is 0 Å². The van der Waals surface area contributed by atoms with Crippen LogP contribution >= 0.6 is 0 Å². The summed E-state index contributed by atoms with van der Waals surface area (Å²) >= 11 is 0. The van der Waals surface area contributed by atoms with Crippen molar-refractivity contribution < 1.29 is 9.53 Å². The molecule has 0 saturated heterocycles. The minimum absolute atomic E-state index is 0.146. The lowest BCUT2D eigenvalue weighted by Crippen LogP contribution is -2.39. The van der Waals surface area contributed by atoms with Gasteiger partial charge >= 0.3 is 0 Å². The normalized spacial score (nSPS) is 20.1. The second-order valence-corrected chi connectivity index (χ2v) is 6.02. The fourth-order valence-electron chi connectivity index (χ4n) is 2.99. The first-order valence-electron chi connectivity index (χ1n) is 7.62. The van der Waals surface area contributed by atoms with Gasteiger partial charge in [0.25, 0.3) is 0 Å². The van der Waals surface area contributed by atoms with E-state index in [1.165, 1.54) is 0 Å². The van der Waals surface area contributed by atoms with E-state index in [0.29, 0.717) is 17.7 Å². The molecule has 0 radical (unpaired) electrons. The highest BCUT2D eigenvalue weighted by atomic mass is 16.5. The number of rotatable bonds is 4. The van der Waals surface area contributed by atoms with Crippen LogP contribution in [0.15, 0.2) is 66.7 Å². The summed E-state index contributed by atoms with van der Waals surface area (Å²) in [5.41, 5.74) is 2.25. The molecule has 1 aliphatic heterocycles. The van der Waals surface area contributed by atoms with Crippen LogP contribution in [-0.4, -0.2) is 5.78 Å². The third kappa shape index (κ3) is 2.69. The molecule has 0 fully saturated rings. The van der Waals surface area contributed by atoms with Crippen molar-refractivity contribution in [2.45, 2.75) is 31.8 Å². The highest BCUT2D eigenvalue weighted by molar-refractivity contribution is 6.00. The maximum Gasteiger partial charge on any atom is 0.170 e. The van der Waals surface area contributed by atoms with E-state index in [1.54, 1.807) is 0 Å². The van der Waals surface area contributed by atoms with Gasteiger partial charge in [0.2, 0.25) is 0 Å². The Kier molecular flexibility index (Phi) is 3.84. The summed E-state index contributed by atoms with van der Waals surface area (Å²) in [6.45, 7) is 6.00. The second-order valence-electron chi connectivity index (χ2n) is 6.02. The highest BCUT2D eigenvalue weighted by Crippen LogP contribution is 2.42. The summed E-state index contributed by atoms with van der Waals surface area (Å²) < 4.78 is 6.36. The van der Waals surface area contributed by atoms with Crippen LogP contribution in [0, 0.1) is 0 Å². The maximum atomic E-state index is 12.6. The molecule has 2 heteroatoms. The third-order valence-electron chi connectivity index (χ3n) is 4.19. The van der Waals surface area contributed by atoms with E-state index in [9.17, 15) is 4.79 Å². The van der Waals surface area contributed by atoms with Crippen molar-refractivity contribution in [2.24, 2.45) is 0 Å². The average Bonchev–Trinajstić information content (AvgIpc) is 2.54. The van der Waals surface area contributed by atoms with E-state index >= 15 is 0 Å². The fraction of sp³-hybridized carbons (Fsp3) is 0.250. The number of hydrogen-bond acceptors (Lipinski definition) is 2. The molecule has 1 heterocycles. The lowest BCUT2D eigenvalue weighted by atomic mass is 9.80. The smallest absolute Gasteiger partial charge is 0.170 e. The quantitative estimate of drug-likeness (QED) is 0.749. The Morgan fingerprint density at radius 1 is 1.14 bits per heavy atom. The Morgan fingerprint density at radius 2 is 1.82 bits per heavy atom. The Bertz CT molecular complexity index is 703. The van der Waals surface area contributed by atoms with Crippen molar-refractivity contribution in [3.63, 3.8) is 0 Å². The lowest BCUT2D eigenvalue weighted by molar-refractivity contribution is 0.0318. The molecule has 2 nitrogen and oxygen atoms in total. The van der Waals surface area contributed by atoms with Crippen molar-refractivity contribution >= 4 is 5.78 Å². The molecule has 0 aromatic heterocycles. The Labute approximate surface area is 131 Å². The number of Topliss-reactive ketones (excluding diaryl/α,β-unsaturated/α-hetero) is 1. The average molecular weight is 292 g/mol. The standard InChI is InChI=1S/C20H20O2/c1-15(2)12-13-20(16-8-4-3-5-9-16)14-18(21)17-10-6-7-11-19(17)22-20/h3-11H,1,12-14H2,2H3. The molecule has 1 aliphatic rings. The number of hydrogen-bond donors (Lipinski definition) is 0. The van der Waals surface area contributed by atoms with E-state index in [0.717, 1.165) is 24.0 Å². The first-order valence-corrected chi connectivity index (χ1v) is 7.62. The number of carbonyl (C=O) groups is 1. The fourth-order valence-corrected chi connectivity index (χ4v) is 2.99. The predicted octanol–water partition coefficient (Wildman–Crippen LogP) is 4.90. The zero-order valence-electron chi connectivity index (χ0n) is 12.8. The van der Waals surface area contributed by atoms with Crippen LogP contribution in [0.1, 0.15) is 42.1 Å². The van der Waals surface area contributed by atoms with E-state index in [2.05, 4.69) is 6.58 Å².